The molecule has 4 rings (SSSR count). The van der Waals surface area contributed by atoms with Crippen molar-refractivity contribution in [3.8, 4) is 0 Å². The normalized spacial score (nSPS) is 16.2. The van der Waals surface area contributed by atoms with Gasteiger partial charge in [0.1, 0.15) is 11.6 Å². The maximum Gasteiger partial charge on any atom is 0.228 e. The maximum absolute atomic E-state index is 13.0. The van der Waals surface area contributed by atoms with E-state index in [0.717, 1.165) is 17.7 Å². The Bertz CT molecular complexity index is 949. The van der Waals surface area contributed by atoms with Crippen LogP contribution in [-0.4, -0.2) is 38.8 Å². The zero-order chi connectivity index (χ0) is 19.3. The molecule has 1 N–H and O–H groups in total. The monoisotopic (exact) mass is 377 g/mol. The van der Waals surface area contributed by atoms with Gasteiger partial charge in [-0.25, -0.2) is 19.3 Å². The number of aromatic nitrogens is 3. The topological polar surface area (TPSA) is 71.0 Å². The first kappa shape index (κ1) is 18.0. The first-order chi connectivity index (χ1) is 13.7. The van der Waals surface area contributed by atoms with Crippen molar-refractivity contribution in [2.75, 3.05) is 18.4 Å². The Morgan fingerprint density at radius 2 is 1.96 bits per heavy atom. The number of anilines is 2. The predicted molar refractivity (Wildman–Crippen MR) is 104 cm³/mol. The van der Waals surface area contributed by atoms with Gasteiger partial charge in [-0.3, -0.25) is 4.79 Å². The van der Waals surface area contributed by atoms with Crippen LogP contribution in [0.25, 0.3) is 0 Å². The fourth-order valence-corrected chi connectivity index (χ4v) is 3.33. The lowest BCUT2D eigenvalue weighted by Crippen LogP contribution is -2.30. The summed E-state index contributed by atoms with van der Waals surface area (Å²) >= 11 is 0. The summed E-state index contributed by atoms with van der Waals surface area (Å²) in [5, 5.41) is 3.09. The standard InChI is InChI=1S/C21H20FN5O/c22-17-6-4-15(5-7-17)13-20(28)27-12-9-16(14-27)18-8-11-24-21(25-18)26-19-3-1-2-10-23-19/h1-8,10-11,16H,9,12-14H2,(H,23,24,25,26)/t16-/m1/s1. The molecule has 0 saturated carbocycles. The van der Waals surface area contributed by atoms with Crippen molar-refractivity contribution in [2.24, 2.45) is 0 Å². The minimum atomic E-state index is -0.295. The molecule has 3 heterocycles. The van der Waals surface area contributed by atoms with E-state index < -0.39 is 0 Å². The molecule has 0 aliphatic carbocycles. The summed E-state index contributed by atoms with van der Waals surface area (Å²) in [5.74, 6) is 1.10. The Balaban J connectivity index is 1.39. The number of carbonyl (C=O) groups is 1. The number of carbonyl (C=O) groups excluding carboxylic acids is 1. The highest BCUT2D eigenvalue weighted by molar-refractivity contribution is 5.79. The van der Waals surface area contributed by atoms with Crippen molar-refractivity contribution >= 4 is 17.7 Å². The highest BCUT2D eigenvalue weighted by Gasteiger charge is 2.28. The van der Waals surface area contributed by atoms with Crippen LogP contribution in [0.1, 0.15) is 23.6 Å². The summed E-state index contributed by atoms with van der Waals surface area (Å²) in [6, 6.07) is 13.5. The third kappa shape index (κ3) is 4.31. The lowest BCUT2D eigenvalue weighted by molar-refractivity contribution is -0.129. The number of likely N-dealkylation sites (tertiary alicyclic amines) is 1. The third-order valence-corrected chi connectivity index (χ3v) is 4.81. The van der Waals surface area contributed by atoms with Crippen molar-refractivity contribution in [1.82, 2.24) is 19.9 Å². The Morgan fingerprint density at radius 1 is 1.11 bits per heavy atom. The largest absolute Gasteiger partial charge is 0.342 e. The van der Waals surface area contributed by atoms with E-state index in [9.17, 15) is 9.18 Å². The summed E-state index contributed by atoms with van der Waals surface area (Å²) in [4.78, 5) is 27.5. The zero-order valence-electron chi connectivity index (χ0n) is 15.3. The van der Waals surface area contributed by atoms with Crippen LogP contribution in [0.2, 0.25) is 0 Å². The molecule has 1 fully saturated rings. The van der Waals surface area contributed by atoms with Gasteiger partial charge in [0.05, 0.1) is 12.1 Å². The van der Waals surface area contributed by atoms with Crippen LogP contribution >= 0.6 is 0 Å². The van der Waals surface area contributed by atoms with E-state index in [1.54, 1.807) is 24.5 Å². The number of pyridine rings is 1. The van der Waals surface area contributed by atoms with Crippen LogP contribution < -0.4 is 5.32 Å². The molecule has 0 radical (unpaired) electrons. The van der Waals surface area contributed by atoms with E-state index in [4.69, 9.17) is 0 Å². The van der Waals surface area contributed by atoms with Gasteiger partial charge < -0.3 is 10.2 Å². The molecule has 7 heteroatoms. The van der Waals surface area contributed by atoms with Crippen LogP contribution in [0.4, 0.5) is 16.2 Å². The van der Waals surface area contributed by atoms with E-state index in [-0.39, 0.29) is 24.1 Å². The molecule has 2 aromatic heterocycles. The summed E-state index contributed by atoms with van der Waals surface area (Å²) in [5.41, 5.74) is 1.73. The molecule has 1 aliphatic rings. The van der Waals surface area contributed by atoms with Gasteiger partial charge in [-0.15, -0.1) is 0 Å². The molecule has 28 heavy (non-hydrogen) atoms. The highest BCUT2D eigenvalue weighted by atomic mass is 19.1. The molecule has 1 aliphatic heterocycles. The smallest absolute Gasteiger partial charge is 0.228 e. The number of amides is 1. The molecule has 0 unspecified atom stereocenters. The van der Waals surface area contributed by atoms with Crippen LogP contribution in [0.15, 0.2) is 60.9 Å². The molecular weight excluding hydrogens is 357 g/mol. The Labute approximate surface area is 162 Å². The number of nitrogens with zero attached hydrogens (tertiary/aromatic N) is 4. The fourth-order valence-electron chi connectivity index (χ4n) is 3.33. The summed E-state index contributed by atoms with van der Waals surface area (Å²) in [7, 11) is 0. The van der Waals surface area contributed by atoms with Gasteiger partial charge in [0.15, 0.2) is 0 Å². The number of hydrogen-bond donors (Lipinski definition) is 1. The second-order valence-electron chi connectivity index (χ2n) is 6.77. The quantitative estimate of drug-likeness (QED) is 0.739. The van der Waals surface area contributed by atoms with E-state index >= 15 is 0 Å². The number of benzene rings is 1. The average molecular weight is 377 g/mol. The lowest BCUT2D eigenvalue weighted by Gasteiger charge is -2.17. The van der Waals surface area contributed by atoms with Gasteiger partial charge in [-0.2, -0.15) is 0 Å². The maximum atomic E-state index is 13.0. The highest BCUT2D eigenvalue weighted by Crippen LogP contribution is 2.27. The van der Waals surface area contributed by atoms with Crippen molar-refractivity contribution in [2.45, 2.75) is 18.8 Å². The Hall–Kier alpha value is -3.35. The molecule has 0 spiro atoms. The molecular formula is C21H20FN5O. The van der Waals surface area contributed by atoms with Crippen molar-refractivity contribution in [1.29, 1.82) is 0 Å². The molecule has 1 amide bonds. The first-order valence-electron chi connectivity index (χ1n) is 9.20. The Kier molecular flexibility index (Phi) is 5.23. The molecule has 6 nitrogen and oxygen atoms in total. The van der Waals surface area contributed by atoms with Crippen LogP contribution in [0.5, 0.6) is 0 Å². The SMILES string of the molecule is O=C(Cc1ccc(F)cc1)N1CC[C@@H](c2ccnc(Nc3ccccn3)n2)C1. The zero-order valence-corrected chi connectivity index (χ0v) is 15.3. The van der Waals surface area contributed by atoms with Gasteiger partial charge in [0.2, 0.25) is 11.9 Å². The van der Waals surface area contributed by atoms with Gasteiger partial charge >= 0.3 is 0 Å². The molecule has 1 saturated heterocycles. The van der Waals surface area contributed by atoms with Gasteiger partial charge in [-0.05, 0) is 42.3 Å². The summed E-state index contributed by atoms with van der Waals surface area (Å²) in [6.45, 7) is 1.32. The number of rotatable bonds is 5. The van der Waals surface area contributed by atoms with Crippen LogP contribution in [0.3, 0.4) is 0 Å². The van der Waals surface area contributed by atoms with Crippen molar-refractivity contribution < 1.29 is 9.18 Å². The molecule has 1 atom stereocenters. The summed E-state index contributed by atoms with van der Waals surface area (Å²) in [6.07, 6.45) is 4.56. The number of hydrogen-bond acceptors (Lipinski definition) is 5. The number of nitrogens with one attached hydrogen (secondary N) is 1. The van der Waals surface area contributed by atoms with E-state index in [1.165, 1.54) is 12.1 Å². The van der Waals surface area contributed by atoms with E-state index in [1.807, 2.05) is 29.2 Å². The predicted octanol–water partition coefficient (Wildman–Crippen LogP) is 3.31. The van der Waals surface area contributed by atoms with Gasteiger partial charge in [0.25, 0.3) is 0 Å². The van der Waals surface area contributed by atoms with Gasteiger partial charge in [-0.1, -0.05) is 18.2 Å². The van der Waals surface area contributed by atoms with Gasteiger partial charge in [0, 0.05) is 31.4 Å². The molecule has 1 aromatic carbocycles. The lowest BCUT2D eigenvalue weighted by atomic mass is 10.1. The van der Waals surface area contributed by atoms with Crippen molar-refractivity contribution in [3.63, 3.8) is 0 Å². The van der Waals surface area contributed by atoms with Crippen LogP contribution in [0, 0.1) is 5.82 Å². The Morgan fingerprint density at radius 3 is 2.75 bits per heavy atom. The molecule has 142 valence electrons. The fraction of sp³-hybridized carbons (Fsp3) is 0.238. The minimum absolute atomic E-state index is 0.0509. The van der Waals surface area contributed by atoms with E-state index in [0.29, 0.717) is 24.9 Å². The molecule has 0 bridgehead atoms. The second kappa shape index (κ2) is 8.12. The number of halogens is 1. The summed E-state index contributed by atoms with van der Waals surface area (Å²) < 4.78 is 13.0. The van der Waals surface area contributed by atoms with E-state index in [2.05, 4.69) is 20.3 Å². The van der Waals surface area contributed by atoms with Crippen molar-refractivity contribution in [3.05, 3.63) is 78.0 Å². The minimum Gasteiger partial charge on any atom is -0.342 e. The average Bonchev–Trinajstić information content (AvgIpc) is 3.21. The first-order valence-corrected chi connectivity index (χ1v) is 9.20. The van der Waals surface area contributed by atoms with Crippen LogP contribution in [-0.2, 0) is 11.2 Å². The second-order valence-corrected chi connectivity index (χ2v) is 6.77. The molecule has 3 aromatic rings. The third-order valence-electron chi connectivity index (χ3n) is 4.81.